The summed E-state index contributed by atoms with van der Waals surface area (Å²) in [5.74, 6) is 1.52. The van der Waals surface area contributed by atoms with E-state index in [1.54, 1.807) is 11.1 Å². The predicted molar refractivity (Wildman–Crippen MR) is 74.1 cm³/mol. The zero-order valence-corrected chi connectivity index (χ0v) is 11.2. The Morgan fingerprint density at radius 3 is 2.84 bits per heavy atom. The molecule has 3 unspecified atom stereocenters. The molecule has 3 aliphatic rings. The van der Waals surface area contributed by atoms with Gasteiger partial charge in [0.1, 0.15) is 0 Å². The zero-order valence-electron chi connectivity index (χ0n) is 11.2. The summed E-state index contributed by atoms with van der Waals surface area (Å²) in [4.78, 5) is 7.86. The van der Waals surface area contributed by atoms with Crippen molar-refractivity contribution in [3.63, 3.8) is 0 Å². The molecule has 0 amide bonds. The molecule has 96 valence electrons. The fourth-order valence-electron chi connectivity index (χ4n) is 5.45. The molecule has 0 radical (unpaired) electrons. The Morgan fingerprint density at radius 2 is 2.16 bits per heavy atom. The van der Waals surface area contributed by atoms with E-state index in [-0.39, 0.29) is 0 Å². The normalized spacial score (nSPS) is 36.1. The van der Waals surface area contributed by atoms with Crippen molar-refractivity contribution < 1.29 is 0 Å². The highest BCUT2D eigenvalue weighted by Crippen LogP contribution is 2.85. The van der Waals surface area contributed by atoms with E-state index in [4.69, 9.17) is 0 Å². The summed E-state index contributed by atoms with van der Waals surface area (Å²) in [7, 11) is 0. The molecule has 3 aliphatic carbocycles. The van der Waals surface area contributed by atoms with Crippen molar-refractivity contribution in [2.45, 2.75) is 42.9 Å². The highest BCUT2D eigenvalue weighted by Gasteiger charge is 2.83. The van der Waals surface area contributed by atoms with Gasteiger partial charge in [-0.2, -0.15) is 0 Å². The van der Waals surface area contributed by atoms with E-state index in [2.05, 4.69) is 47.4 Å². The van der Waals surface area contributed by atoms with E-state index in [0.29, 0.717) is 10.8 Å². The number of nitrogens with one attached hydrogen (secondary N) is 1. The molecule has 1 heterocycles. The first kappa shape index (κ1) is 10.2. The fourth-order valence-corrected chi connectivity index (χ4v) is 5.45. The van der Waals surface area contributed by atoms with E-state index in [9.17, 15) is 0 Å². The lowest BCUT2D eigenvalue weighted by atomic mass is 9.78. The maximum Gasteiger partial charge on any atom is 0.0923 e. The summed E-state index contributed by atoms with van der Waals surface area (Å²) < 4.78 is 0. The number of rotatable bonds is 2. The van der Waals surface area contributed by atoms with E-state index >= 15 is 0 Å². The molecular weight excluding hydrogens is 232 g/mol. The minimum Gasteiger partial charge on any atom is -0.351 e. The van der Waals surface area contributed by atoms with Crippen LogP contribution in [0.2, 0.25) is 0 Å². The van der Waals surface area contributed by atoms with Gasteiger partial charge < -0.3 is 4.98 Å². The molecule has 2 saturated carbocycles. The van der Waals surface area contributed by atoms with Crippen LogP contribution in [0, 0.1) is 5.92 Å². The maximum absolute atomic E-state index is 4.67. The Hall–Kier alpha value is -1.57. The van der Waals surface area contributed by atoms with Crippen LogP contribution in [-0.4, -0.2) is 9.97 Å². The number of aromatic nitrogens is 2. The Balaban J connectivity index is 1.80. The van der Waals surface area contributed by atoms with Crippen molar-refractivity contribution in [1.82, 2.24) is 9.97 Å². The molecule has 0 aliphatic heterocycles. The highest BCUT2D eigenvalue weighted by atomic mass is 15.0. The van der Waals surface area contributed by atoms with Crippen molar-refractivity contribution in [3.8, 4) is 0 Å². The zero-order chi connectivity index (χ0) is 12.7. The van der Waals surface area contributed by atoms with Gasteiger partial charge in [0.15, 0.2) is 0 Å². The molecule has 1 N–H and O–H groups in total. The summed E-state index contributed by atoms with van der Waals surface area (Å²) in [5, 5.41) is 0. The topological polar surface area (TPSA) is 28.7 Å². The Bertz CT molecular complexity index is 654. The summed E-state index contributed by atoms with van der Waals surface area (Å²) in [5.41, 5.74) is 5.32. The Labute approximate surface area is 113 Å². The first-order chi connectivity index (χ1) is 9.36. The highest BCUT2D eigenvalue weighted by molar-refractivity contribution is 5.64. The van der Waals surface area contributed by atoms with Crippen LogP contribution in [0.15, 0.2) is 36.8 Å². The lowest BCUT2D eigenvalue weighted by Crippen LogP contribution is -2.27. The van der Waals surface area contributed by atoms with Crippen LogP contribution in [0.3, 0.4) is 0 Å². The molecule has 2 nitrogen and oxygen atoms in total. The summed E-state index contributed by atoms with van der Waals surface area (Å²) in [6, 6.07) is 9.16. The van der Waals surface area contributed by atoms with Gasteiger partial charge in [-0.3, -0.25) is 0 Å². The van der Waals surface area contributed by atoms with Crippen LogP contribution in [-0.2, 0) is 10.8 Å². The molecule has 2 heteroatoms. The van der Waals surface area contributed by atoms with Crippen LogP contribution < -0.4 is 0 Å². The number of fused-ring (bicyclic) bond motifs is 5. The smallest absolute Gasteiger partial charge is 0.0923 e. The van der Waals surface area contributed by atoms with E-state index < -0.39 is 0 Å². The number of nitrogens with zero attached hydrogens (tertiary/aromatic N) is 1. The van der Waals surface area contributed by atoms with Gasteiger partial charge in [0.2, 0.25) is 0 Å². The van der Waals surface area contributed by atoms with Gasteiger partial charge in [-0.25, -0.2) is 4.98 Å². The Kier molecular flexibility index (Phi) is 1.59. The lowest BCUT2D eigenvalue weighted by molar-refractivity contribution is 0.456. The number of hydrogen-bond donors (Lipinski definition) is 1. The van der Waals surface area contributed by atoms with Gasteiger partial charge in [0.25, 0.3) is 0 Å². The summed E-state index contributed by atoms with van der Waals surface area (Å²) >= 11 is 0. The molecule has 1 spiro atoms. The molecule has 19 heavy (non-hydrogen) atoms. The van der Waals surface area contributed by atoms with E-state index in [1.165, 1.54) is 25.0 Å². The van der Waals surface area contributed by atoms with Crippen LogP contribution in [0.5, 0.6) is 0 Å². The number of benzene rings is 1. The van der Waals surface area contributed by atoms with Crippen molar-refractivity contribution >= 4 is 0 Å². The fraction of sp³-hybridized carbons (Fsp3) is 0.471. The molecule has 0 bridgehead atoms. The van der Waals surface area contributed by atoms with Crippen LogP contribution in [0.4, 0.5) is 0 Å². The van der Waals surface area contributed by atoms with E-state index in [1.807, 2.05) is 6.33 Å². The number of imidazole rings is 1. The van der Waals surface area contributed by atoms with Gasteiger partial charge in [0.05, 0.1) is 12.0 Å². The van der Waals surface area contributed by atoms with Gasteiger partial charge in [-0.1, -0.05) is 37.6 Å². The monoisotopic (exact) mass is 250 g/mol. The average Bonchev–Trinajstić information content (AvgIpc) is 3.27. The lowest BCUT2D eigenvalue weighted by Gasteiger charge is -2.25. The SMILES string of the molecule is CCC1C2c3ccccc3C3(CC3)C12c1c[nH]cn1. The molecule has 0 saturated heterocycles. The second-order valence-electron chi connectivity index (χ2n) is 6.49. The molecule has 1 aromatic heterocycles. The summed E-state index contributed by atoms with van der Waals surface area (Å²) in [6.07, 6.45) is 7.97. The van der Waals surface area contributed by atoms with Gasteiger partial charge >= 0.3 is 0 Å². The minimum atomic E-state index is 0.325. The average molecular weight is 250 g/mol. The number of aromatic amines is 1. The standard InChI is InChI=1S/C17H18N2/c1-2-12-15-11-5-3-4-6-13(11)16(7-8-16)17(12,15)14-9-18-10-19-14/h3-6,9-10,12,15H,2,7-8H2,1H3,(H,18,19). The largest absolute Gasteiger partial charge is 0.351 e. The van der Waals surface area contributed by atoms with Crippen molar-refractivity contribution in [2.75, 3.05) is 0 Å². The van der Waals surface area contributed by atoms with Crippen LogP contribution in [0.1, 0.15) is 48.9 Å². The third-order valence-corrected chi connectivity index (χ3v) is 6.08. The Morgan fingerprint density at radius 1 is 1.32 bits per heavy atom. The predicted octanol–water partition coefficient (Wildman–Crippen LogP) is 3.52. The molecule has 1 aromatic carbocycles. The molecule has 2 fully saturated rings. The van der Waals surface area contributed by atoms with E-state index in [0.717, 1.165) is 11.8 Å². The molecule has 3 atom stereocenters. The van der Waals surface area contributed by atoms with Crippen molar-refractivity contribution in [2.24, 2.45) is 5.92 Å². The number of hydrogen-bond acceptors (Lipinski definition) is 1. The van der Waals surface area contributed by atoms with Gasteiger partial charge in [0, 0.05) is 22.9 Å². The quantitative estimate of drug-likeness (QED) is 0.868. The van der Waals surface area contributed by atoms with Crippen molar-refractivity contribution in [1.29, 1.82) is 0 Å². The van der Waals surface area contributed by atoms with Crippen LogP contribution in [0.25, 0.3) is 0 Å². The first-order valence-corrected chi connectivity index (χ1v) is 7.45. The maximum atomic E-state index is 4.67. The molecule has 2 aromatic rings. The van der Waals surface area contributed by atoms with Gasteiger partial charge in [-0.05, 0) is 29.9 Å². The van der Waals surface area contributed by atoms with Crippen LogP contribution >= 0.6 is 0 Å². The molecule has 5 rings (SSSR count). The van der Waals surface area contributed by atoms with Gasteiger partial charge in [-0.15, -0.1) is 0 Å². The second-order valence-corrected chi connectivity index (χ2v) is 6.49. The van der Waals surface area contributed by atoms with Crippen molar-refractivity contribution in [3.05, 3.63) is 53.6 Å². The third-order valence-electron chi connectivity index (χ3n) is 6.08. The summed E-state index contributed by atoms with van der Waals surface area (Å²) in [6.45, 7) is 2.34. The third kappa shape index (κ3) is 0.878. The number of H-pyrrole nitrogens is 1. The minimum absolute atomic E-state index is 0.325. The first-order valence-electron chi connectivity index (χ1n) is 7.45. The molecular formula is C17H18N2. The second kappa shape index (κ2) is 2.95.